The summed E-state index contributed by atoms with van der Waals surface area (Å²) in [4.78, 5) is 27.3. The van der Waals surface area contributed by atoms with E-state index in [1.165, 1.54) is 30.5 Å². The third-order valence-electron chi connectivity index (χ3n) is 3.44. The van der Waals surface area contributed by atoms with Gasteiger partial charge in [-0.15, -0.1) is 0 Å². The van der Waals surface area contributed by atoms with Crippen LogP contribution in [0.25, 0.3) is 0 Å². The van der Waals surface area contributed by atoms with Gasteiger partial charge in [0.05, 0.1) is 22.2 Å². The van der Waals surface area contributed by atoms with Crippen LogP contribution in [0.5, 0.6) is 0 Å². The zero-order chi connectivity index (χ0) is 20.7. The topological polar surface area (TPSA) is 83.1 Å². The number of pyridine rings is 1. The van der Waals surface area contributed by atoms with Crippen LogP contribution in [0.15, 0.2) is 36.5 Å². The van der Waals surface area contributed by atoms with Gasteiger partial charge in [-0.2, -0.15) is 13.2 Å². The lowest BCUT2D eigenvalue weighted by Gasteiger charge is -2.13. The Morgan fingerprint density at radius 3 is 2.46 bits per heavy atom. The second-order valence-electron chi connectivity index (χ2n) is 5.49. The van der Waals surface area contributed by atoms with Crippen molar-refractivity contribution in [2.75, 3.05) is 25.0 Å². The molecule has 0 unspecified atom stereocenters. The van der Waals surface area contributed by atoms with Crippen LogP contribution in [0.2, 0.25) is 10.0 Å². The molecule has 0 aliphatic rings. The molecule has 1 aromatic heterocycles. The largest absolute Gasteiger partial charge is 0.419 e. The van der Waals surface area contributed by atoms with E-state index in [0.29, 0.717) is 5.02 Å². The first kappa shape index (κ1) is 21.8. The van der Waals surface area contributed by atoms with Gasteiger partial charge in [-0.3, -0.25) is 9.59 Å². The summed E-state index contributed by atoms with van der Waals surface area (Å²) >= 11 is 11.6. The zero-order valence-corrected chi connectivity index (χ0v) is 15.8. The number of hydrogen-bond donors (Lipinski definition) is 3. The van der Waals surface area contributed by atoms with E-state index in [1.54, 1.807) is 0 Å². The number of carbonyl (C=O) groups is 2. The summed E-state index contributed by atoms with van der Waals surface area (Å²) in [6.07, 6.45) is -3.30. The Morgan fingerprint density at radius 2 is 1.79 bits per heavy atom. The van der Waals surface area contributed by atoms with Crippen LogP contribution in [-0.2, 0) is 11.0 Å². The standard InChI is InChI=1S/C17H15Cl2F3N4O2/c18-12-4-3-10(8-13(12)19)16(28)26-9-14(27)23-6-7-25-15-11(17(20,21)22)2-1-5-24-15/h1-5,8H,6-7,9H2,(H,23,27)(H,24,25)(H,26,28). The predicted octanol–water partition coefficient (Wildman–Crippen LogP) is 3.37. The number of anilines is 1. The van der Waals surface area contributed by atoms with Gasteiger partial charge in [0.25, 0.3) is 5.91 Å². The molecule has 0 saturated carbocycles. The van der Waals surface area contributed by atoms with E-state index in [0.717, 1.165) is 6.07 Å². The highest BCUT2D eigenvalue weighted by molar-refractivity contribution is 6.42. The second-order valence-corrected chi connectivity index (χ2v) is 6.30. The highest BCUT2D eigenvalue weighted by Gasteiger charge is 2.33. The molecule has 0 fully saturated rings. The van der Waals surface area contributed by atoms with Gasteiger partial charge < -0.3 is 16.0 Å². The van der Waals surface area contributed by atoms with E-state index in [9.17, 15) is 22.8 Å². The van der Waals surface area contributed by atoms with Gasteiger partial charge in [-0.1, -0.05) is 23.2 Å². The molecule has 6 nitrogen and oxygen atoms in total. The Balaban J connectivity index is 1.75. The van der Waals surface area contributed by atoms with E-state index in [1.807, 2.05) is 0 Å². The van der Waals surface area contributed by atoms with Crippen LogP contribution < -0.4 is 16.0 Å². The van der Waals surface area contributed by atoms with Crippen molar-refractivity contribution in [1.82, 2.24) is 15.6 Å². The predicted molar refractivity (Wildman–Crippen MR) is 99.5 cm³/mol. The zero-order valence-electron chi connectivity index (χ0n) is 14.2. The first-order chi connectivity index (χ1) is 13.2. The van der Waals surface area contributed by atoms with E-state index >= 15 is 0 Å². The maximum Gasteiger partial charge on any atom is 0.419 e. The van der Waals surface area contributed by atoms with Gasteiger partial charge in [-0.05, 0) is 30.3 Å². The SMILES string of the molecule is O=C(CNC(=O)c1ccc(Cl)c(Cl)c1)NCCNc1ncccc1C(F)(F)F. The molecule has 0 aliphatic heterocycles. The first-order valence-electron chi connectivity index (χ1n) is 7.94. The van der Waals surface area contributed by atoms with Crippen LogP contribution in [-0.4, -0.2) is 36.4 Å². The summed E-state index contributed by atoms with van der Waals surface area (Å²) in [7, 11) is 0. The molecular formula is C17H15Cl2F3N4O2. The minimum atomic E-state index is -4.53. The molecule has 1 heterocycles. The van der Waals surface area contributed by atoms with Crippen LogP contribution in [0.1, 0.15) is 15.9 Å². The smallest absolute Gasteiger partial charge is 0.368 e. The lowest BCUT2D eigenvalue weighted by Crippen LogP contribution is -2.38. The molecule has 1 aromatic carbocycles. The number of aromatic nitrogens is 1. The molecule has 0 atom stereocenters. The molecule has 0 bridgehead atoms. The van der Waals surface area contributed by atoms with Gasteiger partial charge in [0, 0.05) is 24.8 Å². The highest BCUT2D eigenvalue weighted by Crippen LogP contribution is 2.33. The molecular weight excluding hydrogens is 420 g/mol. The summed E-state index contributed by atoms with van der Waals surface area (Å²) in [5.41, 5.74) is -0.658. The highest BCUT2D eigenvalue weighted by atomic mass is 35.5. The summed E-state index contributed by atoms with van der Waals surface area (Å²) in [6, 6.07) is 6.37. The normalized spacial score (nSPS) is 11.0. The number of rotatable bonds is 7. The maximum absolute atomic E-state index is 12.8. The molecule has 0 saturated heterocycles. The van der Waals surface area contributed by atoms with Crippen molar-refractivity contribution in [3.63, 3.8) is 0 Å². The molecule has 0 aliphatic carbocycles. The van der Waals surface area contributed by atoms with Gasteiger partial charge in [0.2, 0.25) is 5.91 Å². The quantitative estimate of drug-likeness (QED) is 0.583. The van der Waals surface area contributed by atoms with E-state index in [2.05, 4.69) is 20.9 Å². The number of nitrogens with zero attached hydrogens (tertiary/aromatic N) is 1. The number of nitrogens with one attached hydrogen (secondary N) is 3. The summed E-state index contributed by atoms with van der Waals surface area (Å²) in [5.74, 6) is -1.35. The molecule has 0 spiro atoms. The Morgan fingerprint density at radius 1 is 1.04 bits per heavy atom. The van der Waals surface area contributed by atoms with Crippen LogP contribution in [0.3, 0.4) is 0 Å². The lowest BCUT2D eigenvalue weighted by atomic mass is 10.2. The number of carbonyl (C=O) groups excluding carboxylic acids is 2. The number of amides is 2. The van der Waals surface area contributed by atoms with E-state index in [4.69, 9.17) is 23.2 Å². The Hall–Kier alpha value is -2.52. The minimum Gasteiger partial charge on any atom is -0.368 e. The van der Waals surface area contributed by atoms with Gasteiger partial charge in [0.1, 0.15) is 5.82 Å². The van der Waals surface area contributed by atoms with Crippen molar-refractivity contribution >= 4 is 40.8 Å². The number of hydrogen-bond acceptors (Lipinski definition) is 4. The van der Waals surface area contributed by atoms with Gasteiger partial charge in [0.15, 0.2) is 0 Å². The molecule has 3 N–H and O–H groups in total. The van der Waals surface area contributed by atoms with Gasteiger partial charge in [-0.25, -0.2) is 4.98 Å². The third kappa shape index (κ3) is 6.28. The third-order valence-corrected chi connectivity index (χ3v) is 4.18. The van der Waals surface area contributed by atoms with Crippen LogP contribution >= 0.6 is 23.2 Å². The van der Waals surface area contributed by atoms with Crippen molar-refractivity contribution in [3.05, 3.63) is 57.7 Å². The number of benzene rings is 1. The number of alkyl halides is 3. The van der Waals surface area contributed by atoms with Crippen LogP contribution in [0, 0.1) is 0 Å². The molecule has 150 valence electrons. The van der Waals surface area contributed by atoms with Crippen molar-refractivity contribution < 1.29 is 22.8 Å². The maximum atomic E-state index is 12.8. The molecule has 2 aromatic rings. The summed E-state index contributed by atoms with van der Waals surface area (Å²) in [5, 5.41) is 7.88. The van der Waals surface area contributed by atoms with Gasteiger partial charge >= 0.3 is 6.18 Å². The molecule has 28 heavy (non-hydrogen) atoms. The van der Waals surface area contributed by atoms with Crippen molar-refractivity contribution in [1.29, 1.82) is 0 Å². The Labute approximate surface area is 168 Å². The van der Waals surface area contributed by atoms with E-state index in [-0.39, 0.29) is 36.0 Å². The van der Waals surface area contributed by atoms with E-state index < -0.39 is 23.6 Å². The monoisotopic (exact) mass is 434 g/mol. The fraction of sp³-hybridized carbons (Fsp3) is 0.235. The van der Waals surface area contributed by atoms with Crippen molar-refractivity contribution in [3.8, 4) is 0 Å². The summed E-state index contributed by atoms with van der Waals surface area (Å²) < 4.78 is 38.5. The molecule has 11 heteroatoms. The minimum absolute atomic E-state index is 0.0204. The fourth-order valence-electron chi connectivity index (χ4n) is 2.12. The first-order valence-corrected chi connectivity index (χ1v) is 8.70. The molecule has 2 rings (SSSR count). The lowest BCUT2D eigenvalue weighted by molar-refractivity contribution is -0.137. The molecule has 2 amide bonds. The van der Waals surface area contributed by atoms with Crippen molar-refractivity contribution in [2.45, 2.75) is 6.18 Å². The average Bonchev–Trinajstić information content (AvgIpc) is 2.65. The summed E-state index contributed by atoms with van der Waals surface area (Å²) in [6.45, 7) is -0.252. The van der Waals surface area contributed by atoms with Crippen molar-refractivity contribution in [2.24, 2.45) is 0 Å². The average molecular weight is 435 g/mol. The van der Waals surface area contributed by atoms with Crippen LogP contribution in [0.4, 0.5) is 19.0 Å². The Kier molecular flexibility index (Phi) is 7.47. The second kappa shape index (κ2) is 9.61. The Bertz CT molecular complexity index is 863. The molecule has 0 radical (unpaired) electrons. The number of halogens is 5. The fourth-order valence-corrected chi connectivity index (χ4v) is 2.42.